The molecule has 0 radical (unpaired) electrons. The second-order valence-corrected chi connectivity index (χ2v) is 6.56. The van der Waals surface area contributed by atoms with Gasteiger partial charge in [-0.15, -0.1) is 0 Å². The molecule has 0 bridgehead atoms. The van der Waals surface area contributed by atoms with Crippen LogP contribution < -0.4 is 4.74 Å². The molecule has 1 aliphatic heterocycles. The summed E-state index contributed by atoms with van der Waals surface area (Å²) in [5, 5.41) is 8.82. The zero-order valence-electron chi connectivity index (χ0n) is 14.8. The average Bonchev–Trinajstić information content (AvgIpc) is 2.67. The summed E-state index contributed by atoms with van der Waals surface area (Å²) in [7, 11) is 2.20. The third-order valence-corrected chi connectivity index (χ3v) is 4.72. The van der Waals surface area contributed by atoms with Gasteiger partial charge in [0.05, 0.1) is 18.2 Å². The van der Waals surface area contributed by atoms with Crippen molar-refractivity contribution in [1.29, 1.82) is 5.26 Å². The second kappa shape index (κ2) is 8.66. The number of nitrogens with zero attached hydrogens (tertiary/aromatic N) is 3. The topological polar surface area (TPSA) is 39.5 Å². The largest absolute Gasteiger partial charge is 0.494 e. The lowest BCUT2D eigenvalue weighted by Gasteiger charge is -2.40. The maximum atomic E-state index is 8.82. The van der Waals surface area contributed by atoms with Gasteiger partial charge in [0.15, 0.2) is 0 Å². The summed E-state index contributed by atoms with van der Waals surface area (Å²) in [5.74, 6) is 0.831. The number of piperazine rings is 1. The van der Waals surface area contributed by atoms with E-state index in [0.717, 1.165) is 38.3 Å². The van der Waals surface area contributed by atoms with Gasteiger partial charge in [0, 0.05) is 32.2 Å². The molecule has 0 aliphatic carbocycles. The van der Waals surface area contributed by atoms with Crippen LogP contribution >= 0.6 is 0 Å². The van der Waals surface area contributed by atoms with E-state index >= 15 is 0 Å². The normalized spacial score (nSPS) is 18.6. The summed E-state index contributed by atoms with van der Waals surface area (Å²) < 4.78 is 5.81. The van der Waals surface area contributed by atoms with Gasteiger partial charge >= 0.3 is 0 Å². The molecule has 130 valence electrons. The zero-order chi connectivity index (χ0) is 17.5. The zero-order valence-corrected chi connectivity index (χ0v) is 14.8. The van der Waals surface area contributed by atoms with Gasteiger partial charge in [0.1, 0.15) is 5.75 Å². The number of nitriles is 1. The monoisotopic (exact) mass is 335 g/mol. The van der Waals surface area contributed by atoms with Gasteiger partial charge in [-0.2, -0.15) is 5.26 Å². The molecule has 1 aliphatic rings. The van der Waals surface area contributed by atoms with E-state index in [-0.39, 0.29) is 0 Å². The van der Waals surface area contributed by atoms with E-state index in [2.05, 4.69) is 53.2 Å². The SMILES string of the molecule is CN1CCN(CCCOc2ccc(C#N)cc2)C(c2ccccc2)C1. The van der Waals surface area contributed by atoms with Crippen LogP contribution in [-0.2, 0) is 0 Å². The highest BCUT2D eigenvalue weighted by atomic mass is 16.5. The third-order valence-electron chi connectivity index (χ3n) is 4.72. The molecule has 1 heterocycles. The van der Waals surface area contributed by atoms with Crippen molar-refractivity contribution in [2.24, 2.45) is 0 Å². The Bertz CT molecular complexity index is 693. The molecule has 0 spiro atoms. The molecule has 1 fully saturated rings. The molecule has 4 heteroatoms. The van der Waals surface area contributed by atoms with Gasteiger partial charge in [-0.05, 0) is 43.3 Å². The van der Waals surface area contributed by atoms with Crippen molar-refractivity contribution in [2.75, 3.05) is 39.8 Å². The van der Waals surface area contributed by atoms with Crippen molar-refractivity contribution in [3.8, 4) is 11.8 Å². The molecule has 3 rings (SSSR count). The lowest BCUT2D eigenvalue weighted by atomic mass is 10.0. The minimum absolute atomic E-state index is 0.454. The summed E-state index contributed by atoms with van der Waals surface area (Å²) in [6.45, 7) is 5.00. The van der Waals surface area contributed by atoms with E-state index in [0.29, 0.717) is 18.2 Å². The van der Waals surface area contributed by atoms with Crippen LogP contribution in [-0.4, -0.2) is 49.6 Å². The molecule has 0 saturated carbocycles. The van der Waals surface area contributed by atoms with Crippen molar-refractivity contribution in [3.05, 3.63) is 65.7 Å². The van der Waals surface area contributed by atoms with Gasteiger partial charge < -0.3 is 9.64 Å². The van der Waals surface area contributed by atoms with Crippen LogP contribution in [0.15, 0.2) is 54.6 Å². The van der Waals surface area contributed by atoms with Gasteiger partial charge in [-0.25, -0.2) is 0 Å². The molecule has 0 N–H and O–H groups in total. The maximum absolute atomic E-state index is 8.82. The van der Waals surface area contributed by atoms with Crippen LogP contribution in [0, 0.1) is 11.3 Å². The smallest absolute Gasteiger partial charge is 0.119 e. The van der Waals surface area contributed by atoms with Crippen molar-refractivity contribution in [3.63, 3.8) is 0 Å². The first-order chi connectivity index (χ1) is 12.3. The van der Waals surface area contributed by atoms with Crippen molar-refractivity contribution >= 4 is 0 Å². The quantitative estimate of drug-likeness (QED) is 0.759. The van der Waals surface area contributed by atoms with Crippen LogP contribution in [0.5, 0.6) is 5.75 Å². The van der Waals surface area contributed by atoms with Crippen LogP contribution in [0.2, 0.25) is 0 Å². The van der Waals surface area contributed by atoms with E-state index in [1.807, 2.05) is 12.1 Å². The van der Waals surface area contributed by atoms with Gasteiger partial charge in [0.25, 0.3) is 0 Å². The molecular formula is C21H25N3O. The Morgan fingerprint density at radius 2 is 1.84 bits per heavy atom. The number of likely N-dealkylation sites (N-methyl/N-ethyl adjacent to an activating group) is 1. The van der Waals surface area contributed by atoms with Crippen molar-refractivity contribution in [2.45, 2.75) is 12.5 Å². The summed E-state index contributed by atoms with van der Waals surface area (Å²) in [4.78, 5) is 4.97. The minimum Gasteiger partial charge on any atom is -0.494 e. The molecular weight excluding hydrogens is 310 g/mol. The third kappa shape index (κ3) is 4.82. The number of benzene rings is 2. The lowest BCUT2D eigenvalue weighted by molar-refractivity contribution is 0.0845. The Morgan fingerprint density at radius 3 is 2.56 bits per heavy atom. The predicted molar refractivity (Wildman–Crippen MR) is 99.5 cm³/mol. The van der Waals surface area contributed by atoms with E-state index in [4.69, 9.17) is 10.00 Å². The van der Waals surface area contributed by atoms with Crippen LogP contribution in [0.25, 0.3) is 0 Å². The Kier molecular flexibility index (Phi) is 6.05. The molecule has 2 aromatic carbocycles. The van der Waals surface area contributed by atoms with Crippen molar-refractivity contribution in [1.82, 2.24) is 9.80 Å². The Hall–Kier alpha value is -2.35. The first kappa shape index (κ1) is 17.5. The standard InChI is InChI=1S/C21H25N3O/c1-23-13-14-24(21(17-23)19-6-3-2-4-7-19)12-5-15-25-20-10-8-18(16-22)9-11-20/h2-4,6-11,21H,5,12-15,17H2,1H3. The van der Waals surface area contributed by atoms with E-state index in [1.165, 1.54) is 5.56 Å². The van der Waals surface area contributed by atoms with Gasteiger partial charge in [-0.1, -0.05) is 30.3 Å². The molecule has 1 atom stereocenters. The highest BCUT2D eigenvalue weighted by molar-refractivity contribution is 5.34. The highest BCUT2D eigenvalue weighted by Gasteiger charge is 2.25. The molecule has 2 aromatic rings. The fourth-order valence-corrected chi connectivity index (χ4v) is 3.30. The second-order valence-electron chi connectivity index (χ2n) is 6.56. The molecule has 4 nitrogen and oxygen atoms in total. The molecule has 0 amide bonds. The van der Waals surface area contributed by atoms with E-state index in [1.54, 1.807) is 12.1 Å². The molecule has 1 saturated heterocycles. The number of ether oxygens (including phenoxy) is 1. The first-order valence-corrected chi connectivity index (χ1v) is 8.87. The summed E-state index contributed by atoms with van der Waals surface area (Å²) >= 11 is 0. The summed E-state index contributed by atoms with van der Waals surface area (Å²) in [6, 6.07) is 20.7. The fraction of sp³-hybridized carbons (Fsp3) is 0.381. The predicted octanol–water partition coefficient (Wildman–Crippen LogP) is 3.32. The molecule has 1 unspecified atom stereocenters. The molecule has 0 aromatic heterocycles. The van der Waals surface area contributed by atoms with Crippen LogP contribution in [0.1, 0.15) is 23.6 Å². The van der Waals surface area contributed by atoms with Crippen LogP contribution in [0.4, 0.5) is 0 Å². The lowest BCUT2D eigenvalue weighted by Crippen LogP contribution is -2.47. The fourth-order valence-electron chi connectivity index (χ4n) is 3.30. The Balaban J connectivity index is 1.51. The average molecular weight is 335 g/mol. The number of hydrogen-bond acceptors (Lipinski definition) is 4. The van der Waals surface area contributed by atoms with Crippen molar-refractivity contribution < 1.29 is 4.74 Å². The summed E-state index contributed by atoms with van der Waals surface area (Å²) in [5.41, 5.74) is 2.05. The van der Waals surface area contributed by atoms with E-state index < -0.39 is 0 Å². The van der Waals surface area contributed by atoms with Gasteiger partial charge in [-0.3, -0.25) is 4.90 Å². The minimum atomic E-state index is 0.454. The Morgan fingerprint density at radius 1 is 1.08 bits per heavy atom. The van der Waals surface area contributed by atoms with E-state index in [9.17, 15) is 0 Å². The van der Waals surface area contributed by atoms with Crippen LogP contribution in [0.3, 0.4) is 0 Å². The number of hydrogen-bond donors (Lipinski definition) is 0. The Labute approximate surface area is 150 Å². The first-order valence-electron chi connectivity index (χ1n) is 8.87. The summed E-state index contributed by atoms with van der Waals surface area (Å²) in [6.07, 6.45) is 0.993. The highest BCUT2D eigenvalue weighted by Crippen LogP contribution is 2.24. The molecule has 25 heavy (non-hydrogen) atoms. The number of rotatable bonds is 6. The maximum Gasteiger partial charge on any atom is 0.119 e. The van der Waals surface area contributed by atoms with Gasteiger partial charge in [0.2, 0.25) is 0 Å².